The first-order chi connectivity index (χ1) is 10.1. The van der Waals surface area contributed by atoms with Gasteiger partial charge in [0.1, 0.15) is 0 Å². The molecule has 2 heterocycles. The Balaban J connectivity index is 1.63. The molecule has 1 aromatic carbocycles. The van der Waals surface area contributed by atoms with E-state index in [-0.39, 0.29) is 18.2 Å². The maximum absolute atomic E-state index is 11.7. The van der Waals surface area contributed by atoms with Crippen LogP contribution >= 0.6 is 0 Å². The van der Waals surface area contributed by atoms with Gasteiger partial charge in [-0.25, -0.2) is 0 Å². The van der Waals surface area contributed by atoms with Gasteiger partial charge in [-0.1, -0.05) is 12.1 Å². The fraction of sp³-hybridized carbons (Fsp3) is 0.312. The molecule has 3 rings (SSSR count). The van der Waals surface area contributed by atoms with Crippen molar-refractivity contribution in [1.82, 2.24) is 5.32 Å². The summed E-state index contributed by atoms with van der Waals surface area (Å²) in [7, 11) is 2.06. The Morgan fingerprint density at radius 3 is 3.10 bits per heavy atom. The summed E-state index contributed by atoms with van der Waals surface area (Å²) in [6.45, 7) is 1.16. The van der Waals surface area contributed by atoms with Crippen molar-refractivity contribution < 1.29 is 14.3 Å². The zero-order valence-electron chi connectivity index (χ0n) is 11.9. The first-order valence-corrected chi connectivity index (χ1v) is 6.99. The number of furan rings is 1. The molecule has 1 amide bonds. The monoisotopic (exact) mass is 286 g/mol. The van der Waals surface area contributed by atoms with E-state index in [0.29, 0.717) is 0 Å². The van der Waals surface area contributed by atoms with Gasteiger partial charge in [0, 0.05) is 25.8 Å². The highest BCUT2D eigenvalue weighted by Crippen LogP contribution is 2.29. The van der Waals surface area contributed by atoms with Crippen LogP contribution in [0.4, 0.5) is 5.69 Å². The normalized spacial score (nSPS) is 14.9. The van der Waals surface area contributed by atoms with Crippen LogP contribution in [0.5, 0.6) is 0 Å². The van der Waals surface area contributed by atoms with Crippen LogP contribution in [-0.4, -0.2) is 31.2 Å². The van der Waals surface area contributed by atoms with Crippen LogP contribution in [0.15, 0.2) is 41.0 Å². The molecule has 110 valence electrons. The number of nitrogens with zero attached hydrogens (tertiary/aromatic N) is 1. The molecule has 0 unspecified atom stereocenters. The number of amides is 1. The quantitative estimate of drug-likeness (QED) is 0.898. The minimum absolute atomic E-state index is 0.161. The molecule has 1 aromatic heterocycles. The molecule has 0 radical (unpaired) electrons. The Hall–Kier alpha value is -2.27. The molecule has 21 heavy (non-hydrogen) atoms. The highest BCUT2D eigenvalue weighted by molar-refractivity contribution is 5.91. The standard InChI is InChI=1S/C16H18N2O3/c1-18-7-6-11-9-12(4-5-13(11)18)14(19)10-17-16(20)15-3-2-8-21-15/h2-5,8-9,14,19H,6-7,10H2,1H3,(H,17,20)/t14-/m0/s1. The molecule has 0 fully saturated rings. The van der Waals surface area contributed by atoms with Gasteiger partial charge in [-0.15, -0.1) is 0 Å². The molecule has 5 heteroatoms. The maximum atomic E-state index is 11.7. The van der Waals surface area contributed by atoms with E-state index in [2.05, 4.69) is 17.3 Å². The van der Waals surface area contributed by atoms with E-state index in [1.807, 2.05) is 18.2 Å². The lowest BCUT2D eigenvalue weighted by Crippen LogP contribution is -2.28. The van der Waals surface area contributed by atoms with Gasteiger partial charge in [0.05, 0.1) is 12.4 Å². The van der Waals surface area contributed by atoms with Crippen LogP contribution in [0.25, 0.3) is 0 Å². The molecule has 0 bridgehead atoms. The Bertz CT molecular complexity index is 637. The van der Waals surface area contributed by atoms with Crippen molar-refractivity contribution in [2.75, 3.05) is 25.0 Å². The van der Waals surface area contributed by atoms with Crippen molar-refractivity contribution in [3.63, 3.8) is 0 Å². The molecule has 2 aromatic rings. The molecule has 5 nitrogen and oxygen atoms in total. The lowest BCUT2D eigenvalue weighted by atomic mass is 10.0. The summed E-state index contributed by atoms with van der Waals surface area (Å²) >= 11 is 0. The number of hydrogen-bond donors (Lipinski definition) is 2. The first-order valence-electron chi connectivity index (χ1n) is 6.99. The van der Waals surface area contributed by atoms with Gasteiger partial charge in [-0.2, -0.15) is 0 Å². The van der Waals surface area contributed by atoms with Crippen LogP contribution in [0.3, 0.4) is 0 Å². The zero-order valence-corrected chi connectivity index (χ0v) is 11.9. The zero-order chi connectivity index (χ0) is 14.8. The van der Waals surface area contributed by atoms with Crippen LogP contribution < -0.4 is 10.2 Å². The van der Waals surface area contributed by atoms with Gasteiger partial charge in [-0.3, -0.25) is 4.79 Å². The molecule has 0 saturated carbocycles. The van der Waals surface area contributed by atoms with Gasteiger partial charge in [0.15, 0.2) is 5.76 Å². The van der Waals surface area contributed by atoms with E-state index in [1.54, 1.807) is 12.1 Å². The number of rotatable bonds is 4. The topological polar surface area (TPSA) is 65.7 Å². The third kappa shape index (κ3) is 2.78. The van der Waals surface area contributed by atoms with Crippen LogP contribution in [0, 0.1) is 0 Å². The Kier molecular flexibility index (Phi) is 3.66. The van der Waals surface area contributed by atoms with Gasteiger partial charge in [-0.05, 0) is 35.7 Å². The summed E-state index contributed by atoms with van der Waals surface area (Å²) in [5, 5.41) is 12.9. The highest BCUT2D eigenvalue weighted by atomic mass is 16.3. The number of hydrogen-bond acceptors (Lipinski definition) is 4. The first kappa shape index (κ1) is 13.7. The van der Waals surface area contributed by atoms with Crippen molar-refractivity contribution in [2.45, 2.75) is 12.5 Å². The summed E-state index contributed by atoms with van der Waals surface area (Å²) in [5.41, 5.74) is 3.28. The maximum Gasteiger partial charge on any atom is 0.287 e. The number of benzene rings is 1. The molecule has 0 spiro atoms. The molecular weight excluding hydrogens is 268 g/mol. The second-order valence-electron chi connectivity index (χ2n) is 5.26. The summed E-state index contributed by atoms with van der Waals surface area (Å²) in [6, 6.07) is 9.19. The third-order valence-electron chi connectivity index (χ3n) is 3.82. The number of aliphatic hydroxyl groups is 1. The predicted molar refractivity (Wildman–Crippen MR) is 79.4 cm³/mol. The molecule has 1 atom stereocenters. The van der Waals surface area contributed by atoms with Crippen LogP contribution in [0.1, 0.15) is 27.8 Å². The van der Waals surface area contributed by atoms with E-state index < -0.39 is 6.10 Å². The molecule has 1 aliphatic rings. The van der Waals surface area contributed by atoms with Crippen molar-refractivity contribution in [2.24, 2.45) is 0 Å². The highest BCUT2D eigenvalue weighted by Gasteiger charge is 2.18. The minimum atomic E-state index is -0.722. The average Bonchev–Trinajstić information content (AvgIpc) is 3.14. The van der Waals surface area contributed by atoms with E-state index in [9.17, 15) is 9.90 Å². The van der Waals surface area contributed by atoms with Gasteiger partial charge >= 0.3 is 0 Å². The smallest absolute Gasteiger partial charge is 0.287 e. The number of likely N-dealkylation sites (N-methyl/N-ethyl adjacent to an activating group) is 1. The van der Waals surface area contributed by atoms with Crippen molar-refractivity contribution in [3.05, 3.63) is 53.5 Å². The summed E-state index contributed by atoms with van der Waals surface area (Å²) < 4.78 is 5.01. The third-order valence-corrected chi connectivity index (χ3v) is 3.82. The Labute approximate surface area is 123 Å². The van der Waals surface area contributed by atoms with E-state index in [0.717, 1.165) is 18.5 Å². The molecule has 0 aliphatic carbocycles. The minimum Gasteiger partial charge on any atom is -0.459 e. The predicted octanol–water partition coefficient (Wildman–Crippen LogP) is 1.74. The number of carbonyl (C=O) groups is 1. The fourth-order valence-corrected chi connectivity index (χ4v) is 2.60. The lowest BCUT2D eigenvalue weighted by molar-refractivity contribution is 0.0889. The number of anilines is 1. The SMILES string of the molecule is CN1CCc2cc([C@@H](O)CNC(=O)c3ccco3)ccc21. The Morgan fingerprint density at radius 1 is 1.48 bits per heavy atom. The van der Waals surface area contributed by atoms with Gasteiger partial charge in [0.2, 0.25) is 0 Å². The molecule has 2 N–H and O–H groups in total. The number of aliphatic hydroxyl groups excluding tert-OH is 1. The van der Waals surface area contributed by atoms with Gasteiger partial charge < -0.3 is 19.7 Å². The number of fused-ring (bicyclic) bond motifs is 1. The number of nitrogens with one attached hydrogen (secondary N) is 1. The summed E-state index contributed by atoms with van der Waals surface area (Å²) in [5.74, 6) is -0.0716. The van der Waals surface area contributed by atoms with E-state index in [1.165, 1.54) is 17.5 Å². The molecule has 1 aliphatic heterocycles. The number of carbonyl (C=O) groups excluding carboxylic acids is 1. The average molecular weight is 286 g/mol. The Morgan fingerprint density at radius 2 is 2.33 bits per heavy atom. The largest absolute Gasteiger partial charge is 0.459 e. The summed E-state index contributed by atoms with van der Waals surface area (Å²) in [4.78, 5) is 13.9. The van der Waals surface area contributed by atoms with E-state index >= 15 is 0 Å². The van der Waals surface area contributed by atoms with Crippen molar-refractivity contribution >= 4 is 11.6 Å². The second kappa shape index (κ2) is 5.61. The van der Waals surface area contributed by atoms with E-state index in [4.69, 9.17) is 4.42 Å². The molecule has 0 saturated heterocycles. The molecular formula is C16H18N2O3. The fourth-order valence-electron chi connectivity index (χ4n) is 2.60. The lowest BCUT2D eigenvalue weighted by Gasteiger charge is -2.15. The van der Waals surface area contributed by atoms with Crippen molar-refractivity contribution in [3.8, 4) is 0 Å². The summed E-state index contributed by atoms with van der Waals surface area (Å²) in [6.07, 6.45) is 1.72. The van der Waals surface area contributed by atoms with Crippen LogP contribution in [-0.2, 0) is 6.42 Å². The van der Waals surface area contributed by atoms with Crippen LogP contribution in [0.2, 0.25) is 0 Å². The second-order valence-corrected chi connectivity index (χ2v) is 5.26. The van der Waals surface area contributed by atoms with Gasteiger partial charge in [0.25, 0.3) is 5.91 Å². The van der Waals surface area contributed by atoms with Crippen molar-refractivity contribution in [1.29, 1.82) is 0 Å².